The maximum atomic E-state index is 11.6. The van der Waals surface area contributed by atoms with E-state index in [-0.39, 0.29) is 11.9 Å². The van der Waals surface area contributed by atoms with E-state index in [4.69, 9.17) is 5.26 Å². The van der Waals surface area contributed by atoms with Gasteiger partial charge < -0.3 is 10.2 Å². The first-order chi connectivity index (χ1) is 10.6. The maximum absolute atomic E-state index is 11.6. The lowest BCUT2D eigenvalue weighted by molar-refractivity contribution is -0.132. The highest BCUT2D eigenvalue weighted by molar-refractivity contribution is 5.76. The van der Waals surface area contributed by atoms with E-state index >= 15 is 0 Å². The number of nitrogens with one attached hydrogen (secondary N) is 1. The summed E-state index contributed by atoms with van der Waals surface area (Å²) in [5.74, 6) is 0.231. The molecule has 2 rings (SSSR count). The Balaban J connectivity index is 2.02. The Hall–Kier alpha value is -1.86. The lowest BCUT2D eigenvalue weighted by Gasteiger charge is -2.33. The number of rotatable bonds is 6. The molecule has 0 bridgehead atoms. The molecule has 1 aliphatic rings. The zero-order valence-electron chi connectivity index (χ0n) is 13.5. The number of carbonyl (C=O) groups excluding carboxylic acids is 1. The second-order valence-electron chi connectivity index (χ2n) is 6.19. The van der Waals surface area contributed by atoms with E-state index in [1.807, 2.05) is 11.9 Å². The van der Waals surface area contributed by atoms with Crippen LogP contribution in [0.1, 0.15) is 49.3 Å². The first-order valence-corrected chi connectivity index (χ1v) is 8.03. The largest absolute Gasteiger partial charge is 0.344 e. The monoisotopic (exact) mass is 299 g/mol. The summed E-state index contributed by atoms with van der Waals surface area (Å²) in [5.41, 5.74) is 2.52. The number of nitrogens with zero attached hydrogens (tertiary/aromatic N) is 2. The highest BCUT2D eigenvalue weighted by Crippen LogP contribution is 2.22. The first kappa shape index (κ1) is 16.5. The molecule has 1 amide bonds. The highest BCUT2D eigenvalue weighted by atomic mass is 16.2. The van der Waals surface area contributed by atoms with Gasteiger partial charge in [0.1, 0.15) is 0 Å². The second kappa shape index (κ2) is 7.95. The molecule has 1 heterocycles. The van der Waals surface area contributed by atoms with Crippen LogP contribution in [0.3, 0.4) is 0 Å². The lowest BCUT2D eigenvalue weighted by atomic mass is 9.97. The summed E-state index contributed by atoms with van der Waals surface area (Å²) >= 11 is 0. The van der Waals surface area contributed by atoms with Crippen molar-refractivity contribution in [3.05, 3.63) is 35.4 Å². The predicted octanol–water partition coefficient (Wildman–Crippen LogP) is 2.94. The van der Waals surface area contributed by atoms with Crippen molar-refractivity contribution < 1.29 is 4.79 Å². The van der Waals surface area contributed by atoms with Crippen LogP contribution in [-0.2, 0) is 4.79 Å². The van der Waals surface area contributed by atoms with Gasteiger partial charge in [0, 0.05) is 38.5 Å². The van der Waals surface area contributed by atoms with Gasteiger partial charge in [0.25, 0.3) is 0 Å². The van der Waals surface area contributed by atoms with Crippen LogP contribution in [0.2, 0.25) is 0 Å². The van der Waals surface area contributed by atoms with Crippen molar-refractivity contribution in [1.82, 2.24) is 10.2 Å². The molecule has 0 spiro atoms. The standard InChI is InChI=1S/C18H25N3O/c1-14-6-8-15(9-7-14)17(5-3-4-12-19)20-16-10-11-18(22)21(2)13-16/h6-9,16-17,20H,3-5,10-11,13H2,1-2H3. The predicted molar refractivity (Wildman–Crippen MR) is 87.2 cm³/mol. The summed E-state index contributed by atoms with van der Waals surface area (Å²) in [5, 5.41) is 12.5. The van der Waals surface area contributed by atoms with Crippen LogP contribution in [0.5, 0.6) is 0 Å². The first-order valence-electron chi connectivity index (χ1n) is 8.03. The molecule has 1 aromatic rings. The number of hydrogen-bond acceptors (Lipinski definition) is 3. The van der Waals surface area contributed by atoms with Crippen LogP contribution >= 0.6 is 0 Å². The van der Waals surface area contributed by atoms with Gasteiger partial charge in [0.15, 0.2) is 0 Å². The molecule has 1 N–H and O–H groups in total. The van der Waals surface area contributed by atoms with Gasteiger partial charge in [-0.05, 0) is 31.7 Å². The third kappa shape index (κ3) is 4.57. The average Bonchev–Trinajstić information content (AvgIpc) is 2.51. The summed E-state index contributed by atoms with van der Waals surface area (Å²) in [6, 6.07) is 11.4. The van der Waals surface area contributed by atoms with Crippen molar-refractivity contribution in [1.29, 1.82) is 5.26 Å². The summed E-state index contributed by atoms with van der Waals surface area (Å²) in [6.07, 6.45) is 3.94. The van der Waals surface area contributed by atoms with Crippen molar-refractivity contribution in [2.45, 2.75) is 51.1 Å². The Kier molecular flexibility index (Phi) is 5.97. The fourth-order valence-corrected chi connectivity index (χ4v) is 2.96. The number of benzene rings is 1. The molecular weight excluding hydrogens is 274 g/mol. The molecule has 2 atom stereocenters. The molecule has 0 radical (unpaired) electrons. The normalized spacial score (nSPS) is 19.8. The van der Waals surface area contributed by atoms with E-state index in [1.54, 1.807) is 0 Å². The number of nitriles is 1. The van der Waals surface area contributed by atoms with Crippen LogP contribution in [0.25, 0.3) is 0 Å². The molecule has 0 saturated carbocycles. The van der Waals surface area contributed by atoms with Gasteiger partial charge in [-0.25, -0.2) is 0 Å². The molecule has 0 aliphatic carbocycles. The van der Waals surface area contributed by atoms with Crippen LogP contribution in [0, 0.1) is 18.3 Å². The number of hydrogen-bond donors (Lipinski definition) is 1. The fraction of sp³-hybridized carbons (Fsp3) is 0.556. The minimum atomic E-state index is 0.231. The van der Waals surface area contributed by atoms with Gasteiger partial charge in [0.2, 0.25) is 5.91 Å². The van der Waals surface area contributed by atoms with Gasteiger partial charge in [-0.3, -0.25) is 4.79 Å². The number of likely N-dealkylation sites (N-methyl/N-ethyl adjacent to an activating group) is 1. The van der Waals surface area contributed by atoms with E-state index in [9.17, 15) is 4.79 Å². The van der Waals surface area contributed by atoms with Crippen LogP contribution in [-0.4, -0.2) is 30.4 Å². The Morgan fingerprint density at radius 2 is 2.14 bits per heavy atom. The number of unbranched alkanes of at least 4 members (excludes halogenated alkanes) is 1. The minimum absolute atomic E-state index is 0.231. The summed E-state index contributed by atoms with van der Waals surface area (Å²) in [7, 11) is 1.87. The fourth-order valence-electron chi connectivity index (χ4n) is 2.96. The van der Waals surface area contributed by atoms with Crippen LogP contribution in [0.15, 0.2) is 24.3 Å². The SMILES string of the molecule is Cc1ccc(C(CCCC#N)NC2CCC(=O)N(C)C2)cc1. The van der Waals surface area contributed by atoms with E-state index in [1.165, 1.54) is 11.1 Å². The summed E-state index contributed by atoms with van der Waals surface area (Å²) < 4.78 is 0. The summed E-state index contributed by atoms with van der Waals surface area (Å²) in [6.45, 7) is 2.85. The molecule has 4 heteroatoms. The molecular formula is C18H25N3O. The quantitative estimate of drug-likeness (QED) is 0.822. The Labute approximate surface area is 133 Å². The molecule has 22 heavy (non-hydrogen) atoms. The van der Waals surface area contributed by atoms with E-state index < -0.39 is 0 Å². The van der Waals surface area contributed by atoms with Crippen molar-refractivity contribution >= 4 is 5.91 Å². The third-order valence-corrected chi connectivity index (χ3v) is 4.32. The molecule has 2 unspecified atom stereocenters. The van der Waals surface area contributed by atoms with Crippen molar-refractivity contribution in [2.24, 2.45) is 0 Å². The average molecular weight is 299 g/mol. The van der Waals surface area contributed by atoms with Crippen molar-refractivity contribution in [3.63, 3.8) is 0 Å². The molecule has 1 aromatic carbocycles. The van der Waals surface area contributed by atoms with Gasteiger partial charge in [0.05, 0.1) is 6.07 Å². The highest BCUT2D eigenvalue weighted by Gasteiger charge is 2.25. The van der Waals surface area contributed by atoms with E-state index in [0.717, 1.165) is 25.8 Å². The number of piperidine rings is 1. The molecule has 1 saturated heterocycles. The third-order valence-electron chi connectivity index (χ3n) is 4.32. The van der Waals surface area contributed by atoms with Crippen LogP contribution < -0.4 is 5.32 Å². The van der Waals surface area contributed by atoms with E-state index in [2.05, 4.69) is 42.6 Å². The van der Waals surface area contributed by atoms with Crippen molar-refractivity contribution in [3.8, 4) is 6.07 Å². The van der Waals surface area contributed by atoms with Gasteiger partial charge >= 0.3 is 0 Å². The molecule has 1 aliphatic heterocycles. The smallest absolute Gasteiger partial charge is 0.222 e. The molecule has 118 valence electrons. The zero-order valence-corrected chi connectivity index (χ0v) is 13.5. The molecule has 1 fully saturated rings. The topological polar surface area (TPSA) is 56.1 Å². The van der Waals surface area contributed by atoms with Gasteiger partial charge in [-0.15, -0.1) is 0 Å². The van der Waals surface area contributed by atoms with Gasteiger partial charge in [-0.2, -0.15) is 5.26 Å². The zero-order chi connectivity index (χ0) is 15.9. The Bertz CT molecular complexity index is 532. The molecule has 4 nitrogen and oxygen atoms in total. The molecule has 0 aromatic heterocycles. The van der Waals surface area contributed by atoms with Crippen molar-refractivity contribution in [2.75, 3.05) is 13.6 Å². The van der Waals surface area contributed by atoms with Gasteiger partial charge in [-0.1, -0.05) is 29.8 Å². The number of carbonyl (C=O) groups is 1. The Morgan fingerprint density at radius 1 is 1.41 bits per heavy atom. The maximum Gasteiger partial charge on any atom is 0.222 e. The summed E-state index contributed by atoms with van der Waals surface area (Å²) in [4.78, 5) is 13.4. The Morgan fingerprint density at radius 3 is 2.77 bits per heavy atom. The number of amides is 1. The number of likely N-dealkylation sites (tertiary alicyclic amines) is 1. The number of aryl methyl sites for hydroxylation is 1. The van der Waals surface area contributed by atoms with Crippen LogP contribution in [0.4, 0.5) is 0 Å². The minimum Gasteiger partial charge on any atom is -0.344 e. The van der Waals surface area contributed by atoms with E-state index in [0.29, 0.717) is 18.9 Å². The lowest BCUT2D eigenvalue weighted by Crippen LogP contribution is -2.47. The second-order valence-corrected chi connectivity index (χ2v) is 6.19.